The van der Waals surface area contributed by atoms with E-state index in [1.165, 1.54) is 0 Å². The van der Waals surface area contributed by atoms with Gasteiger partial charge >= 0.3 is 0 Å². The number of carbonyl (C=O) groups excluding carboxylic acids is 1. The summed E-state index contributed by atoms with van der Waals surface area (Å²) in [5.74, 6) is -0.237. The van der Waals surface area contributed by atoms with Crippen LogP contribution in [-0.2, 0) is 6.54 Å². The van der Waals surface area contributed by atoms with Crippen molar-refractivity contribution in [3.8, 4) is 0 Å². The fourth-order valence-corrected chi connectivity index (χ4v) is 2.61. The van der Waals surface area contributed by atoms with E-state index in [-0.39, 0.29) is 5.91 Å². The zero-order valence-corrected chi connectivity index (χ0v) is 15.3. The van der Waals surface area contributed by atoms with Crippen LogP contribution in [0.5, 0.6) is 0 Å². The number of aromatic nitrogens is 2. The van der Waals surface area contributed by atoms with Gasteiger partial charge < -0.3 is 0 Å². The number of hydrazone groups is 1. The van der Waals surface area contributed by atoms with Gasteiger partial charge in [-0.2, -0.15) is 10.2 Å². The third kappa shape index (κ3) is 4.64. The number of nitrogens with one attached hydrogen (secondary N) is 1. The number of nitrogens with zero attached hydrogens (tertiary/aromatic N) is 3. The number of hydrogen-bond acceptors (Lipinski definition) is 3. The minimum absolute atomic E-state index is 0.237. The van der Waals surface area contributed by atoms with Gasteiger partial charge in [-0.25, -0.2) is 5.43 Å². The maximum Gasteiger partial charge on any atom is 0.271 e. The molecule has 1 amide bonds. The van der Waals surface area contributed by atoms with Crippen LogP contribution < -0.4 is 5.43 Å². The largest absolute Gasteiger partial charge is 0.271 e. The molecule has 0 spiro atoms. The molecule has 0 aliphatic rings. The normalized spacial score (nSPS) is 11.4. The van der Waals surface area contributed by atoms with Crippen LogP contribution in [0, 0.1) is 0 Å². The molecule has 1 heterocycles. The molecule has 5 nitrogen and oxygen atoms in total. The lowest BCUT2D eigenvalue weighted by Crippen LogP contribution is -2.19. The molecule has 126 valence electrons. The van der Waals surface area contributed by atoms with E-state index in [9.17, 15) is 4.79 Å². The van der Waals surface area contributed by atoms with Crippen molar-refractivity contribution in [3.63, 3.8) is 0 Å². The van der Waals surface area contributed by atoms with Crippen molar-refractivity contribution in [2.75, 3.05) is 0 Å². The SMILES string of the molecule is C/C(=N\NC(=O)c1cccc(Cn2cccn2)c1)c1ccc(Br)cc1. The Balaban J connectivity index is 1.68. The van der Waals surface area contributed by atoms with Crippen LogP contribution in [0.1, 0.15) is 28.4 Å². The number of halogens is 1. The van der Waals surface area contributed by atoms with Crippen LogP contribution in [-0.4, -0.2) is 21.4 Å². The Labute approximate surface area is 154 Å². The van der Waals surface area contributed by atoms with E-state index in [1.54, 1.807) is 12.3 Å². The van der Waals surface area contributed by atoms with E-state index in [2.05, 4.69) is 31.6 Å². The molecular formula is C19H17BrN4O. The third-order valence-corrected chi connectivity index (χ3v) is 4.21. The molecule has 0 bridgehead atoms. The number of hydrogen-bond donors (Lipinski definition) is 1. The summed E-state index contributed by atoms with van der Waals surface area (Å²) in [6.07, 6.45) is 3.62. The summed E-state index contributed by atoms with van der Waals surface area (Å²) in [5, 5.41) is 8.37. The summed E-state index contributed by atoms with van der Waals surface area (Å²) in [5.41, 5.74) is 5.88. The minimum atomic E-state index is -0.237. The first-order valence-electron chi connectivity index (χ1n) is 7.79. The van der Waals surface area contributed by atoms with Crippen molar-refractivity contribution in [1.82, 2.24) is 15.2 Å². The van der Waals surface area contributed by atoms with Crippen molar-refractivity contribution in [2.24, 2.45) is 5.10 Å². The molecule has 0 unspecified atom stereocenters. The summed E-state index contributed by atoms with van der Waals surface area (Å²) >= 11 is 3.40. The third-order valence-electron chi connectivity index (χ3n) is 3.68. The summed E-state index contributed by atoms with van der Waals surface area (Å²) in [6.45, 7) is 2.48. The monoisotopic (exact) mass is 396 g/mol. The maximum absolute atomic E-state index is 12.3. The first-order valence-corrected chi connectivity index (χ1v) is 8.58. The predicted molar refractivity (Wildman–Crippen MR) is 102 cm³/mol. The molecule has 0 aliphatic heterocycles. The smallest absolute Gasteiger partial charge is 0.268 e. The Morgan fingerprint density at radius 1 is 1.16 bits per heavy atom. The van der Waals surface area contributed by atoms with Crippen LogP contribution in [0.4, 0.5) is 0 Å². The highest BCUT2D eigenvalue weighted by Crippen LogP contribution is 2.11. The molecular weight excluding hydrogens is 380 g/mol. The second-order valence-corrected chi connectivity index (χ2v) is 6.46. The number of amides is 1. The lowest BCUT2D eigenvalue weighted by molar-refractivity contribution is 0.0954. The summed E-state index contributed by atoms with van der Waals surface area (Å²) < 4.78 is 2.81. The van der Waals surface area contributed by atoms with Crippen molar-refractivity contribution >= 4 is 27.5 Å². The summed E-state index contributed by atoms with van der Waals surface area (Å²) in [7, 11) is 0. The molecule has 0 fully saturated rings. The van der Waals surface area contributed by atoms with Gasteiger partial charge in [-0.3, -0.25) is 9.48 Å². The van der Waals surface area contributed by atoms with Crippen LogP contribution in [0.2, 0.25) is 0 Å². The summed E-state index contributed by atoms with van der Waals surface area (Å²) in [4.78, 5) is 12.3. The van der Waals surface area contributed by atoms with E-state index in [4.69, 9.17) is 0 Å². The van der Waals surface area contributed by atoms with E-state index >= 15 is 0 Å². The van der Waals surface area contributed by atoms with Crippen LogP contribution in [0.3, 0.4) is 0 Å². The molecule has 3 aromatic rings. The van der Waals surface area contributed by atoms with E-state index in [0.717, 1.165) is 21.3 Å². The lowest BCUT2D eigenvalue weighted by Gasteiger charge is -2.06. The van der Waals surface area contributed by atoms with Crippen LogP contribution >= 0.6 is 15.9 Å². The Morgan fingerprint density at radius 2 is 1.96 bits per heavy atom. The van der Waals surface area contributed by atoms with E-state index in [0.29, 0.717) is 12.1 Å². The zero-order valence-electron chi connectivity index (χ0n) is 13.7. The van der Waals surface area contributed by atoms with Crippen molar-refractivity contribution in [1.29, 1.82) is 0 Å². The standard InChI is InChI=1S/C19H17BrN4O/c1-14(16-6-8-18(20)9-7-16)22-23-19(25)17-5-2-4-15(12-17)13-24-11-3-10-21-24/h2-12H,13H2,1H3,(H,23,25)/b22-14+. The average molecular weight is 397 g/mol. The fourth-order valence-electron chi connectivity index (χ4n) is 2.35. The van der Waals surface area contributed by atoms with Gasteiger partial charge in [0.1, 0.15) is 0 Å². The molecule has 3 rings (SSSR count). The molecule has 0 saturated carbocycles. The Morgan fingerprint density at radius 3 is 2.68 bits per heavy atom. The second kappa shape index (κ2) is 7.90. The molecule has 0 aliphatic carbocycles. The highest BCUT2D eigenvalue weighted by molar-refractivity contribution is 9.10. The fraction of sp³-hybridized carbons (Fsp3) is 0.105. The Kier molecular flexibility index (Phi) is 5.40. The number of benzene rings is 2. The van der Waals surface area contributed by atoms with Crippen LogP contribution in [0.15, 0.2) is 76.6 Å². The number of carbonyl (C=O) groups is 1. The quantitative estimate of drug-likeness (QED) is 0.525. The van der Waals surface area contributed by atoms with Gasteiger partial charge in [0.25, 0.3) is 5.91 Å². The molecule has 1 aromatic heterocycles. The molecule has 25 heavy (non-hydrogen) atoms. The molecule has 0 atom stereocenters. The molecule has 0 saturated heterocycles. The van der Waals surface area contributed by atoms with Gasteiger partial charge in [0.05, 0.1) is 12.3 Å². The second-order valence-electron chi connectivity index (χ2n) is 5.55. The molecule has 6 heteroatoms. The number of rotatable bonds is 5. The van der Waals surface area contributed by atoms with Gasteiger partial charge in [0, 0.05) is 22.4 Å². The van der Waals surface area contributed by atoms with Gasteiger partial charge in [-0.05, 0) is 48.4 Å². The zero-order chi connectivity index (χ0) is 17.6. The lowest BCUT2D eigenvalue weighted by atomic mass is 10.1. The highest BCUT2D eigenvalue weighted by Gasteiger charge is 2.06. The minimum Gasteiger partial charge on any atom is -0.268 e. The summed E-state index contributed by atoms with van der Waals surface area (Å²) in [6, 6.07) is 17.1. The average Bonchev–Trinajstić information content (AvgIpc) is 3.13. The van der Waals surface area contributed by atoms with Gasteiger partial charge in [-0.15, -0.1) is 0 Å². The Bertz CT molecular complexity index is 886. The highest BCUT2D eigenvalue weighted by atomic mass is 79.9. The predicted octanol–water partition coefficient (Wildman–Crippen LogP) is 3.85. The van der Waals surface area contributed by atoms with E-state index < -0.39 is 0 Å². The first kappa shape index (κ1) is 17.1. The maximum atomic E-state index is 12.3. The van der Waals surface area contributed by atoms with E-state index in [1.807, 2.05) is 66.3 Å². The van der Waals surface area contributed by atoms with Gasteiger partial charge in [0.2, 0.25) is 0 Å². The topological polar surface area (TPSA) is 59.3 Å². The van der Waals surface area contributed by atoms with Gasteiger partial charge in [0.15, 0.2) is 0 Å². The van der Waals surface area contributed by atoms with Crippen molar-refractivity contribution in [2.45, 2.75) is 13.5 Å². The Hall–Kier alpha value is -2.73. The molecule has 1 N–H and O–H groups in total. The van der Waals surface area contributed by atoms with Crippen LogP contribution in [0.25, 0.3) is 0 Å². The molecule has 0 radical (unpaired) electrons. The molecule has 2 aromatic carbocycles. The van der Waals surface area contributed by atoms with Crippen molar-refractivity contribution in [3.05, 3.63) is 88.2 Å². The van der Waals surface area contributed by atoms with Gasteiger partial charge in [-0.1, -0.05) is 40.2 Å². The van der Waals surface area contributed by atoms with Crippen molar-refractivity contribution < 1.29 is 4.79 Å². The first-order chi connectivity index (χ1) is 12.1.